The van der Waals surface area contributed by atoms with Crippen molar-refractivity contribution in [1.82, 2.24) is 4.98 Å². The maximum atomic E-state index is 10.5. The van der Waals surface area contributed by atoms with Gasteiger partial charge in [0.25, 0.3) is 5.69 Å². The monoisotopic (exact) mass is 206 g/mol. The van der Waals surface area contributed by atoms with E-state index in [1.807, 2.05) is 0 Å². The highest BCUT2D eigenvalue weighted by Crippen LogP contribution is 2.16. The molecule has 0 amide bonds. The van der Waals surface area contributed by atoms with Gasteiger partial charge < -0.3 is 4.79 Å². The molecule has 1 heterocycles. The highest BCUT2D eigenvalue weighted by Gasteiger charge is 2.09. The van der Waals surface area contributed by atoms with Crippen LogP contribution in [0.15, 0.2) is 18.3 Å². The fraction of sp³-hybridized carbons (Fsp3) is 0.200. The van der Waals surface area contributed by atoms with Gasteiger partial charge in [-0.3, -0.25) is 10.1 Å². The fourth-order valence-electron chi connectivity index (χ4n) is 1.10. The molecule has 1 aromatic rings. The van der Waals surface area contributed by atoms with Crippen molar-refractivity contribution in [2.24, 2.45) is 0 Å². The second kappa shape index (κ2) is 4.99. The number of carbonyl (C=O) groups excluding carboxylic acids is 1. The number of pyridine rings is 1. The summed E-state index contributed by atoms with van der Waals surface area (Å²) in [5.74, 6) is 0. The van der Waals surface area contributed by atoms with E-state index in [2.05, 4.69) is 4.98 Å². The van der Waals surface area contributed by atoms with E-state index in [1.165, 1.54) is 6.20 Å². The zero-order chi connectivity index (χ0) is 11.3. The standard InChI is InChI=1S/C10H10N2O3/c1-8-6-9(4-2-3-5-13)11-7-10(8)12(14)15/h2,4-7H,3H2,1H3. The summed E-state index contributed by atoms with van der Waals surface area (Å²) in [5.41, 5.74) is 1.17. The fourth-order valence-corrected chi connectivity index (χ4v) is 1.10. The molecule has 0 aliphatic heterocycles. The molecule has 78 valence electrons. The lowest BCUT2D eigenvalue weighted by Crippen LogP contribution is -1.93. The van der Waals surface area contributed by atoms with Gasteiger partial charge in [0.1, 0.15) is 12.5 Å². The minimum absolute atomic E-state index is 0.00235. The quantitative estimate of drug-likeness (QED) is 0.428. The predicted molar refractivity (Wildman–Crippen MR) is 55.3 cm³/mol. The van der Waals surface area contributed by atoms with Gasteiger partial charge in [-0.05, 0) is 19.1 Å². The van der Waals surface area contributed by atoms with Crippen LogP contribution >= 0.6 is 0 Å². The third kappa shape index (κ3) is 2.98. The van der Waals surface area contributed by atoms with Crippen LogP contribution in [0.1, 0.15) is 17.7 Å². The summed E-state index contributed by atoms with van der Waals surface area (Å²) in [4.78, 5) is 24.0. The SMILES string of the molecule is Cc1cc(C=CCC=O)ncc1[N+](=O)[O-]. The number of hydrogen-bond donors (Lipinski definition) is 0. The van der Waals surface area contributed by atoms with Gasteiger partial charge in [-0.15, -0.1) is 0 Å². The first-order chi connectivity index (χ1) is 7.15. The summed E-state index contributed by atoms with van der Waals surface area (Å²) in [6.45, 7) is 1.65. The predicted octanol–water partition coefficient (Wildman–Crippen LogP) is 1.90. The van der Waals surface area contributed by atoms with Crippen molar-refractivity contribution in [1.29, 1.82) is 0 Å². The number of aryl methyl sites for hydroxylation is 1. The number of nitrogens with zero attached hydrogens (tertiary/aromatic N) is 2. The molecule has 0 saturated carbocycles. The summed E-state index contributed by atoms with van der Waals surface area (Å²) >= 11 is 0. The van der Waals surface area contributed by atoms with Crippen LogP contribution in [0.2, 0.25) is 0 Å². The maximum Gasteiger partial charge on any atom is 0.290 e. The van der Waals surface area contributed by atoms with Crippen LogP contribution in [0, 0.1) is 17.0 Å². The highest BCUT2D eigenvalue weighted by molar-refractivity contribution is 5.57. The second-order valence-corrected chi connectivity index (χ2v) is 2.96. The minimum atomic E-state index is -0.471. The molecule has 1 aromatic heterocycles. The number of aromatic nitrogens is 1. The van der Waals surface area contributed by atoms with Crippen LogP contribution in [0.25, 0.3) is 6.08 Å². The van der Waals surface area contributed by atoms with Gasteiger partial charge in [-0.25, -0.2) is 4.98 Å². The molecule has 0 unspecified atom stereocenters. The highest BCUT2D eigenvalue weighted by atomic mass is 16.6. The number of nitro groups is 1. The van der Waals surface area contributed by atoms with E-state index in [1.54, 1.807) is 25.1 Å². The van der Waals surface area contributed by atoms with Crippen molar-refractivity contribution >= 4 is 18.0 Å². The van der Waals surface area contributed by atoms with E-state index in [0.29, 0.717) is 17.7 Å². The topological polar surface area (TPSA) is 73.1 Å². The van der Waals surface area contributed by atoms with Crippen molar-refractivity contribution in [2.45, 2.75) is 13.3 Å². The largest absolute Gasteiger partial charge is 0.303 e. The van der Waals surface area contributed by atoms with E-state index in [9.17, 15) is 14.9 Å². The number of allylic oxidation sites excluding steroid dienone is 1. The smallest absolute Gasteiger partial charge is 0.290 e. The number of aldehydes is 1. The first-order valence-corrected chi connectivity index (χ1v) is 4.36. The van der Waals surface area contributed by atoms with E-state index < -0.39 is 4.92 Å². The van der Waals surface area contributed by atoms with Gasteiger partial charge in [0.15, 0.2) is 0 Å². The Morgan fingerprint density at radius 3 is 2.87 bits per heavy atom. The molecular weight excluding hydrogens is 196 g/mol. The summed E-state index contributed by atoms with van der Waals surface area (Å²) in [6.07, 6.45) is 5.62. The van der Waals surface area contributed by atoms with Crippen LogP contribution in [0.4, 0.5) is 5.69 Å². The zero-order valence-electron chi connectivity index (χ0n) is 8.21. The molecule has 0 fully saturated rings. The maximum absolute atomic E-state index is 10.5. The minimum Gasteiger partial charge on any atom is -0.303 e. The molecule has 15 heavy (non-hydrogen) atoms. The third-order valence-corrected chi connectivity index (χ3v) is 1.82. The molecule has 0 N–H and O–H groups in total. The molecule has 0 spiro atoms. The van der Waals surface area contributed by atoms with E-state index >= 15 is 0 Å². The molecule has 0 aromatic carbocycles. The average Bonchev–Trinajstić information content (AvgIpc) is 2.17. The van der Waals surface area contributed by atoms with Crippen molar-refractivity contribution in [2.75, 3.05) is 0 Å². The summed E-state index contributed by atoms with van der Waals surface area (Å²) in [7, 11) is 0. The van der Waals surface area contributed by atoms with Crippen LogP contribution in [0.5, 0.6) is 0 Å². The van der Waals surface area contributed by atoms with Crippen molar-refractivity contribution in [3.05, 3.63) is 39.7 Å². The Balaban J connectivity index is 2.91. The lowest BCUT2D eigenvalue weighted by Gasteiger charge is -1.97. The molecule has 0 saturated heterocycles. The lowest BCUT2D eigenvalue weighted by molar-refractivity contribution is -0.385. The Morgan fingerprint density at radius 2 is 2.33 bits per heavy atom. The Labute approximate surface area is 86.6 Å². The summed E-state index contributed by atoms with van der Waals surface area (Å²) in [5, 5.41) is 10.5. The Kier molecular flexibility index (Phi) is 3.68. The van der Waals surface area contributed by atoms with Crippen molar-refractivity contribution < 1.29 is 9.72 Å². The van der Waals surface area contributed by atoms with E-state index in [-0.39, 0.29) is 5.69 Å². The summed E-state index contributed by atoms with van der Waals surface area (Å²) in [6, 6.07) is 1.61. The lowest BCUT2D eigenvalue weighted by atomic mass is 10.2. The molecule has 0 aliphatic rings. The first-order valence-electron chi connectivity index (χ1n) is 4.36. The Hall–Kier alpha value is -2.04. The second-order valence-electron chi connectivity index (χ2n) is 2.96. The zero-order valence-corrected chi connectivity index (χ0v) is 8.21. The van der Waals surface area contributed by atoms with Crippen LogP contribution in [-0.4, -0.2) is 16.2 Å². The Morgan fingerprint density at radius 1 is 1.60 bits per heavy atom. The van der Waals surface area contributed by atoms with Gasteiger partial charge in [-0.1, -0.05) is 6.08 Å². The van der Waals surface area contributed by atoms with Crippen molar-refractivity contribution in [3.8, 4) is 0 Å². The normalized spacial score (nSPS) is 10.5. The van der Waals surface area contributed by atoms with E-state index in [0.717, 1.165) is 6.29 Å². The molecule has 0 radical (unpaired) electrons. The van der Waals surface area contributed by atoms with Gasteiger partial charge in [0.05, 0.1) is 10.6 Å². The Bertz CT molecular complexity index is 413. The molecule has 0 bridgehead atoms. The average molecular weight is 206 g/mol. The van der Waals surface area contributed by atoms with Gasteiger partial charge in [0, 0.05) is 12.0 Å². The molecule has 5 nitrogen and oxygen atoms in total. The first kappa shape index (κ1) is 11.0. The van der Waals surface area contributed by atoms with Crippen LogP contribution in [0.3, 0.4) is 0 Å². The van der Waals surface area contributed by atoms with Gasteiger partial charge in [0.2, 0.25) is 0 Å². The number of carbonyl (C=O) groups is 1. The molecular formula is C10H10N2O3. The van der Waals surface area contributed by atoms with Crippen LogP contribution < -0.4 is 0 Å². The molecule has 1 rings (SSSR count). The van der Waals surface area contributed by atoms with E-state index in [4.69, 9.17) is 0 Å². The number of hydrogen-bond acceptors (Lipinski definition) is 4. The van der Waals surface area contributed by atoms with Crippen molar-refractivity contribution in [3.63, 3.8) is 0 Å². The van der Waals surface area contributed by atoms with Gasteiger partial charge in [-0.2, -0.15) is 0 Å². The summed E-state index contributed by atoms with van der Waals surface area (Å²) < 4.78 is 0. The number of rotatable bonds is 4. The van der Waals surface area contributed by atoms with Crippen LogP contribution in [-0.2, 0) is 4.79 Å². The molecule has 5 heteroatoms. The molecule has 0 aliphatic carbocycles. The molecule has 0 atom stereocenters. The third-order valence-electron chi connectivity index (χ3n) is 1.82. The van der Waals surface area contributed by atoms with Gasteiger partial charge >= 0.3 is 0 Å².